The lowest BCUT2D eigenvalue weighted by Gasteiger charge is -2.36. The maximum absolute atomic E-state index is 13.8. The zero-order valence-electron chi connectivity index (χ0n) is 19.0. The standard InChI is InChI=1S/C21H30F2N8O2/c1-14-13-33-10-8-31(14)21-27-19(16-12-25-17(24)11-15(16)18(22)23)26-20(28-21)30-5-3-29(4-6-30)7-9-32-2/h11-12,14,18H,3-10,13H2,1-2H3,(H2,24,25)/t14-/m1/s1. The number of methoxy groups -OCH3 is 1. The van der Waals surface area contributed by atoms with Crippen molar-refractivity contribution in [2.45, 2.75) is 19.4 Å². The molecular weight excluding hydrogens is 434 g/mol. The first-order chi connectivity index (χ1) is 16.0. The van der Waals surface area contributed by atoms with E-state index in [9.17, 15) is 8.78 Å². The summed E-state index contributed by atoms with van der Waals surface area (Å²) in [7, 11) is 1.69. The van der Waals surface area contributed by atoms with E-state index in [0.29, 0.717) is 51.4 Å². The number of nitrogens with two attached hydrogens (primary N) is 1. The molecule has 12 heteroatoms. The van der Waals surface area contributed by atoms with Crippen LogP contribution in [0.3, 0.4) is 0 Å². The predicted molar refractivity (Wildman–Crippen MR) is 121 cm³/mol. The molecule has 2 aromatic heterocycles. The number of piperazine rings is 1. The summed E-state index contributed by atoms with van der Waals surface area (Å²) in [5.74, 6) is 1.11. The second-order valence-electron chi connectivity index (χ2n) is 8.19. The molecule has 2 fully saturated rings. The van der Waals surface area contributed by atoms with E-state index in [2.05, 4.69) is 24.8 Å². The summed E-state index contributed by atoms with van der Waals surface area (Å²) in [6, 6.07) is 1.22. The van der Waals surface area contributed by atoms with E-state index in [1.165, 1.54) is 12.3 Å². The van der Waals surface area contributed by atoms with Crippen molar-refractivity contribution in [3.63, 3.8) is 0 Å². The Hall–Kier alpha value is -2.70. The first-order valence-corrected chi connectivity index (χ1v) is 11.1. The maximum Gasteiger partial charge on any atom is 0.264 e. The molecule has 0 amide bonds. The zero-order chi connectivity index (χ0) is 23.4. The van der Waals surface area contributed by atoms with E-state index >= 15 is 0 Å². The number of nitrogens with zero attached hydrogens (tertiary/aromatic N) is 7. The fraction of sp³-hybridized carbons (Fsp3) is 0.619. The van der Waals surface area contributed by atoms with Gasteiger partial charge in [-0.1, -0.05) is 0 Å². The third-order valence-electron chi connectivity index (χ3n) is 5.94. The number of ether oxygens (including phenoxy) is 2. The third-order valence-corrected chi connectivity index (χ3v) is 5.94. The SMILES string of the molecule is COCCN1CCN(c2nc(-c3cnc(N)cc3C(F)F)nc(N3CCOC[C@H]3C)n2)CC1. The molecule has 180 valence electrons. The van der Waals surface area contributed by atoms with E-state index in [-0.39, 0.29) is 28.8 Å². The van der Waals surface area contributed by atoms with Crippen LogP contribution in [0.1, 0.15) is 18.9 Å². The molecule has 4 heterocycles. The Morgan fingerprint density at radius 3 is 2.61 bits per heavy atom. The Kier molecular flexibility index (Phi) is 7.46. The highest BCUT2D eigenvalue weighted by Gasteiger charge is 2.27. The van der Waals surface area contributed by atoms with Gasteiger partial charge in [-0.15, -0.1) is 0 Å². The van der Waals surface area contributed by atoms with Crippen molar-refractivity contribution in [2.75, 3.05) is 81.7 Å². The lowest BCUT2D eigenvalue weighted by molar-refractivity contribution is 0.0980. The zero-order valence-corrected chi connectivity index (χ0v) is 19.0. The van der Waals surface area contributed by atoms with Crippen LogP contribution < -0.4 is 15.5 Å². The molecule has 0 aliphatic carbocycles. The van der Waals surface area contributed by atoms with Crippen LogP contribution in [-0.4, -0.2) is 97.1 Å². The number of pyridine rings is 1. The minimum atomic E-state index is -2.74. The number of hydrogen-bond acceptors (Lipinski definition) is 10. The Balaban J connectivity index is 1.70. The molecule has 0 bridgehead atoms. The summed E-state index contributed by atoms with van der Waals surface area (Å²) < 4.78 is 38.3. The first kappa shape index (κ1) is 23.5. The van der Waals surface area contributed by atoms with E-state index in [1.807, 2.05) is 11.8 Å². The molecule has 10 nitrogen and oxygen atoms in total. The van der Waals surface area contributed by atoms with Gasteiger partial charge in [0.2, 0.25) is 11.9 Å². The summed E-state index contributed by atoms with van der Waals surface area (Å²) in [5.41, 5.74) is 5.57. The van der Waals surface area contributed by atoms with Crippen molar-refractivity contribution in [2.24, 2.45) is 0 Å². The van der Waals surface area contributed by atoms with Crippen LogP contribution in [0, 0.1) is 0 Å². The Labute approximate surface area is 191 Å². The van der Waals surface area contributed by atoms with Gasteiger partial charge >= 0.3 is 0 Å². The van der Waals surface area contributed by atoms with Gasteiger partial charge in [-0.25, -0.2) is 13.8 Å². The summed E-state index contributed by atoms with van der Waals surface area (Å²) in [6.45, 7) is 8.35. The van der Waals surface area contributed by atoms with Crippen LogP contribution in [0.2, 0.25) is 0 Å². The van der Waals surface area contributed by atoms with Gasteiger partial charge < -0.3 is 25.0 Å². The summed E-state index contributed by atoms with van der Waals surface area (Å²) in [5, 5.41) is 0. The van der Waals surface area contributed by atoms with Gasteiger partial charge in [0.05, 0.1) is 25.9 Å². The number of halogens is 2. The lowest BCUT2D eigenvalue weighted by Crippen LogP contribution is -2.48. The maximum atomic E-state index is 13.8. The summed E-state index contributed by atoms with van der Waals surface area (Å²) >= 11 is 0. The molecule has 1 atom stereocenters. The number of anilines is 3. The second kappa shape index (κ2) is 10.5. The number of hydrogen-bond donors (Lipinski definition) is 1. The van der Waals surface area contributed by atoms with Crippen LogP contribution in [0.4, 0.5) is 26.5 Å². The quantitative estimate of drug-likeness (QED) is 0.647. The van der Waals surface area contributed by atoms with Gasteiger partial charge in [-0.05, 0) is 13.0 Å². The van der Waals surface area contributed by atoms with Crippen molar-refractivity contribution in [3.8, 4) is 11.4 Å². The van der Waals surface area contributed by atoms with E-state index in [1.54, 1.807) is 7.11 Å². The normalized spacial score (nSPS) is 20.0. The van der Waals surface area contributed by atoms with E-state index in [0.717, 1.165) is 19.6 Å². The van der Waals surface area contributed by atoms with Crippen molar-refractivity contribution in [1.29, 1.82) is 0 Å². The van der Waals surface area contributed by atoms with Crippen molar-refractivity contribution >= 4 is 17.7 Å². The number of alkyl halides is 2. The second-order valence-corrected chi connectivity index (χ2v) is 8.19. The Bertz CT molecular complexity index is 942. The molecule has 2 N–H and O–H groups in total. The molecule has 2 saturated heterocycles. The smallest absolute Gasteiger partial charge is 0.264 e. The molecular formula is C21H30F2N8O2. The van der Waals surface area contributed by atoms with Gasteiger partial charge in [0, 0.05) is 63.7 Å². The fourth-order valence-corrected chi connectivity index (χ4v) is 4.02. The van der Waals surface area contributed by atoms with Crippen molar-refractivity contribution < 1.29 is 18.3 Å². The molecule has 33 heavy (non-hydrogen) atoms. The molecule has 2 aliphatic rings. The van der Waals surface area contributed by atoms with Crippen LogP contribution in [-0.2, 0) is 9.47 Å². The van der Waals surface area contributed by atoms with Gasteiger partial charge in [0.25, 0.3) is 6.43 Å². The Morgan fingerprint density at radius 1 is 1.15 bits per heavy atom. The third kappa shape index (κ3) is 5.45. The van der Waals surface area contributed by atoms with Crippen LogP contribution in [0.15, 0.2) is 12.3 Å². The summed E-state index contributed by atoms with van der Waals surface area (Å²) in [4.78, 5) is 24.3. The topological polar surface area (TPSA) is 106 Å². The number of aromatic nitrogens is 4. The average molecular weight is 465 g/mol. The van der Waals surface area contributed by atoms with Gasteiger partial charge in [-0.2, -0.15) is 15.0 Å². The van der Waals surface area contributed by atoms with Gasteiger partial charge in [0.1, 0.15) is 5.82 Å². The van der Waals surface area contributed by atoms with Crippen molar-refractivity contribution in [3.05, 3.63) is 17.8 Å². The Morgan fingerprint density at radius 2 is 1.91 bits per heavy atom. The molecule has 4 rings (SSSR count). The minimum absolute atomic E-state index is 0.0255. The first-order valence-electron chi connectivity index (χ1n) is 11.1. The lowest BCUT2D eigenvalue weighted by atomic mass is 10.1. The monoisotopic (exact) mass is 464 g/mol. The van der Waals surface area contributed by atoms with Gasteiger partial charge in [0.15, 0.2) is 5.82 Å². The molecule has 0 radical (unpaired) electrons. The van der Waals surface area contributed by atoms with Gasteiger partial charge in [-0.3, -0.25) is 4.90 Å². The molecule has 0 saturated carbocycles. The molecule has 0 unspecified atom stereocenters. The highest BCUT2D eigenvalue weighted by atomic mass is 19.3. The summed E-state index contributed by atoms with van der Waals surface area (Å²) in [6.07, 6.45) is -1.42. The molecule has 2 aliphatic heterocycles. The molecule has 2 aromatic rings. The predicted octanol–water partition coefficient (Wildman–Crippen LogP) is 1.45. The largest absolute Gasteiger partial charge is 0.384 e. The fourth-order valence-electron chi connectivity index (χ4n) is 4.02. The number of rotatable bonds is 7. The van der Waals surface area contributed by atoms with E-state index in [4.69, 9.17) is 20.2 Å². The van der Waals surface area contributed by atoms with Crippen molar-refractivity contribution in [1.82, 2.24) is 24.8 Å². The average Bonchev–Trinajstić information content (AvgIpc) is 2.83. The molecule has 0 aromatic carbocycles. The van der Waals surface area contributed by atoms with E-state index < -0.39 is 6.43 Å². The van der Waals surface area contributed by atoms with Crippen LogP contribution >= 0.6 is 0 Å². The highest BCUT2D eigenvalue weighted by molar-refractivity contribution is 5.64. The van der Waals surface area contributed by atoms with Crippen LogP contribution in [0.25, 0.3) is 11.4 Å². The van der Waals surface area contributed by atoms with Crippen LogP contribution in [0.5, 0.6) is 0 Å². The molecule has 0 spiro atoms. The number of nitrogen functional groups attached to an aromatic ring is 1. The highest BCUT2D eigenvalue weighted by Crippen LogP contribution is 2.32. The minimum Gasteiger partial charge on any atom is -0.384 e. The number of morpholine rings is 1.